The Balaban J connectivity index is 1.76. The SMILES string of the molecule is O=C(CNC1CCS(=O)CC1)Nc1ccccc1Cl. The Hall–Kier alpha value is -0.910. The van der Waals surface area contributed by atoms with Gasteiger partial charge in [0.2, 0.25) is 5.91 Å². The van der Waals surface area contributed by atoms with Crippen LogP contribution in [-0.2, 0) is 15.6 Å². The van der Waals surface area contributed by atoms with Gasteiger partial charge in [0.1, 0.15) is 0 Å². The molecule has 0 atom stereocenters. The van der Waals surface area contributed by atoms with Crippen LogP contribution >= 0.6 is 11.6 Å². The number of amides is 1. The number of hydrogen-bond acceptors (Lipinski definition) is 3. The highest BCUT2D eigenvalue weighted by Gasteiger charge is 2.18. The van der Waals surface area contributed by atoms with Crippen LogP contribution in [0.1, 0.15) is 12.8 Å². The summed E-state index contributed by atoms with van der Waals surface area (Å²) in [4.78, 5) is 11.8. The minimum Gasteiger partial charge on any atom is -0.324 e. The molecular formula is C13H17ClN2O2S. The third-order valence-electron chi connectivity index (χ3n) is 3.09. The highest BCUT2D eigenvalue weighted by Crippen LogP contribution is 2.20. The lowest BCUT2D eigenvalue weighted by Crippen LogP contribution is -2.40. The van der Waals surface area contributed by atoms with E-state index in [1.807, 2.05) is 12.1 Å². The predicted octanol–water partition coefficient (Wildman–Crippen LogP) is 1.78. The van der Waals surface area contributed by atoms with Crippen molar-refractivity contribution in [1.29, 1.82) is 0 Å². The zero-order chi connectivity index (χ0) is 13.7. The van der Waals surface area contributed by atoms with Crippen molar-refractivity contribution in [2.45, 2.75) is 18.9 Å². The summed E-state index contributed by atoms with van der Waals surface area (Å²) < 4.78 is 11.2. The fraction of sp³-hybridized carbons (Fsp3) is 0.462. The molecule has 6 heteroatoms. The van der Waals surface area contributed by atoms with Gasteiger partial charge in [0.25, 0.3) is 0 Å². The molecule has 0 radical (unpaired) electrons. The lowest BCUT2D eigenvalue weighted by atomic mass is 10.1. The van der Waals surface area contributed by atoms with E-state index in [-0.39, 0.29) is 18.5 Å². The molecule has 4 nitrogen and oxygen atoms in total. The van der Waals surface area contributed by atoms with Gasteiger partial charge in [-0.2, -0.15) is 0 Å². The Morgan fingerprint density at radius 1 is 1.32 bits per heavy atom. The van der Waals surface area contributed by atoms with E-state index in [1.54, 1.807) is 12.1 Å². The highest BCUT2D eigenvalue weighted by molar-refractivity contribution is 7.85. The Bertz CT molecular complexity index is 471. The van der Waals surface area contributed by atoms with Gasteiger partial charge in [0.05, 0.1) is 17.3 Å². The van der Waals surface area contributed by atoms with E-state index in [0.717, 1.165) is 24.3 Å². The van der Waals surface area contributed by atoms with Gasteiger partial charge in [0.15, 0.2) is 0 Å². The monoisotopic (exact) mass is 300 g/mol. The van der Waals surface area contributed by atoms with Crippen molar-refractivity contribution in [3.63, 3.8) is 0 Å². The van der Waals surface area contributed by atoms with Gasteiger partial charge in [0, 0.05) is 28.3 Å². The maximum Gasteiger partial charge on any atom is 0.238 e. The molecule has 2 rings (SSSR count). The predicted molar refractivity (Wildman–Crippen MR) is 79.0 cm³/mol. The summed E-state index contributed by atoms with van der Waals surface area (Å²) in [5.74, 6) is 1.34. The molecule has 0 unspecified atom stereocenters. The average molecular weight is 301 g/mol. The molecule has 0 saturated carbocycles. The van der Waals surface area contributed by atoms with Crippen molar-refractivity contribution in [3.8, 4) is 0 Å². The molecule has 1 aliphatic heterocycles. The molecule has 1 heterocycles. The molecule has 0 spiro atoms. The molecular weight excluding hydrogens is 284 g/mol. The first kappa shape index (κ1) is 14.5. The van der Waals surface area contributed by atoms with Crippen LogP contribution < -0.4 is 10.6 Å². The number of para-hydroxylation sites is 1. The number of carbonyl (C=O) groups is 1. The van der Waals surface area contributed by atoms with E-state index < -0.39 is 10.8 Å². The van der Waals surface area contributed by atoms with E-state index in [1.165, 1.54) is 0 Å². The van der Waals surface area contributed by atoms with Crippen molar-refractivity contribution in [3.05, 3.63) is 29.3 Å². The van der Waals surface area contributed by atoms with Gasteiger partial charge in [-0.25, -0.2) is 0 Å². The van der Waals surface area contributed by atoms with E-state index in [9.17, 15) is 9.00 Å². The minimum atomic E-state index is -0.668. The second-order valence-corrected chi connectivity index (χ2v) is 6.63. The van der Waals surface area contributed by atoms with Gasteiger partial charge >= 0.3 is 0 Å². The lowest BCUT2D eigenvalue weighted by molar-refractivity contribution is -0.115. The second-order valence-electron chi connectivity index (χ2n) is 4.53. The van der Waals surface area contributed by atoms with E-state index >= 15 is 0 Å². The average Bonchev–Trinajstić information content (AvgIpc) is 2.41. The Labute approximate surface area is 120 Å². The maximum absolute atomic E-state index is 11.8. The number of halogens is 1. The van der Waals surface area contributed by atoms with Crippen LogP contribution in [0.5, 0.6) is 0 Å². The third kappa shape index (κ3) is 4.60. The van der Waals surface area contributed by atoms with Gasteiger partial charge < -0.3 is 10.6 Å². The van der Waals surface area contributed by atoms with E-state index in [0.29, 0.717) is 10.7 Å². The Morgan fingerprint density at radius 3 is 2.68 bits per heavy atom. The third-order valence-corrected chi connectivity index (χ3v) is 4.80. The largest absolute Gasteiger partial charge is 0.324 e. The normalized spacial score (nSPS) is 23.0. The summed E-state index contributed by atoms with van der Waals surface area (Å²) in [5, 5.41) is 6.49. The van der Waals surface area contributed by atoms with Crippen LogP contribution in [0.2, 0.25) is 5.02 Å². The molecule has 0 aliphatic carbocycles. The van der Waals surface area contributed by atoms with Crippen LogP contribution in [-0.4, -0.2) is 34.2 Å². The second kappa shape index (κ2) is 7.03. The fourth-order valence-corrected chi connectivity index (χ4v) is 3.47. The fourth-order valence-electron chi connectivity index (χ4n) is 1.99. The number of anilines is 1. The molecule has 1 aromatic carbocycles. The summed E-state index contributed by atoms with van der Waals surface area (Å²) in [7, 11) is -0.668. The number of benzene rings is 1. The van der Waals surface area contributed by atoms with Crippen LogP contribution in [0.25, 0.3) is 0 Å². The van der Waals surface area contributed by atoms with Crippen LogP contribution in [0.3, 0.4) is 0 Å². The van der Waals surface area contributed by atoms with Crippen molar-refractivity contribution in [1.82, 2.24) is 5.32 Å². The number of hydrogen-bond donors (Lipinski definition) is 2. The molecule has 1 aromatic rings. The summed E-state index contributed by atoms with van der Waals surface area (Å²) in [6, 6.07) is 7.43. The molecule has 1 saturated heterocycles. The molecule has 1 amide bonds. The molecule has 2 N–H and O–H groups in total. The molecule has 1 aliphatic rings. The van der Waals surface area contributed by atoms with Crippen molar-refractivity contribution in [2.24, 2.45) is 0 Å². The standard InChI is InChI=1S/C13H17ClN2O2S/c14-11-3-1-2-4-12(11)16-13(17)9-15-10-5-7-19(18)8-6-10/h1-4,10,15H,5-9H2,(H,16,17). The zero-order valence-corrected chi connectivity index (χ0v) is 12.1. The summed E-state index contributed by atoms with van der Waals surface area (Å²) in [6.07, 6.45) is 1.73. The van der Waals surface area contributed by atoms with Gasteiger partial charge in [-0.1, -0.05) is 23.7 Å². The minimum absolute atomic E-state index is 0.111. The van der Waals surface area contributed by atoms with E-state index in [2.05, 4.69) is 10.6 Å². The topological polar surface area (TPSA) is 58.2 Å². The summed E-state index contributed by atoms with van der Waals surface area (Å²) in [5.41, 5.74) is 0.626. The first-order valence-corrected chi connectivity index (χ1v) is 8.14. The Morgan fingerprint density at radius 2 is 2.00 bits per heavy atom. The van der Waals surface area contributed by atoms with Crippen molar-refractivity contribution >= 4 is 34.0 Å². The first-order valence-electron chi connectivity index (χ1n) is 6.28. The molecule has 104 valence electrons. The van der Waals surface area contributed by atoms with E-state index in [4.69, 9.17) is 11.6 Å². The molecule has 1 fully saturated rings. The maximum atomic E-state index is 11.8. The molecule has 0 aromatic heterocycles. The summed E-state index contributed by atoms with van der Waals surface area (Å²) >= 11 is 5.96. The highest BCUT2D eigenvalue weighted by atomic mass is 35.5. The van der Waals surface area contributed by atoms with Crippen LogP contribution in [0.4, 0.5) is 5.69 Å². The van der Waals surface area contributed by atoms with Crippen molar-refractivity contribution in [2.75, 3.05) is 23.4 Å². The zero-order valence-electron chi connectivity index (χ0n) is 10.5. The van der Waals surface area contributed by atoms with Crippen LogP contribution in [0.15, 0.2) is 24.3 Å². The number of rotatable bonds is 4. The van der Waals surface area contributed by atoms with Gasteiger partial charge in [-0.05, 0) is 25.0 Å². The molecule has 19 heavy (non-hydrogen) atoms. The smallest absolute Gasteiger partial charge is 0.238 e. The van der Waals surface area contributed by atoms with Crippen molar-refractivity contribution < 1.29 is 9.00 Å². The van der Waals surface area contributed by atoms with Gasteiger partial charge in [-0.3, -0.25) is 9.00 Å². The summed E-state index contributed by atoms with van der Waals surface area (Å²) in [6.45, 7) is 0.253. The van der Waals surface area contributed by atoms with Gasteiger partial charge in [-0.15, -0.1) is 0 Å². The lowest BCUT2D eigenvalue weighted by Gasteiger charge is -2.22. The first-order chi connectivity index (χ1) is 9.15. The number of nitrogens with one attached hydrogen (secondary N) is 2. The quantitative estimate of drug-likeness (QED) is 0.891. The van der Waals surface area contributed by atoms with Crippen LogP contribution in [0, 0.1) is 0 Å². The Kier molecular flexibility index (Phi) is 5.36. The number of carbonyl (C=O) groups excluding carboxylic acids is 1. The molecule has 0 bridgehead atoms.